The number of ketones is 1. The highest BCUT2D eigenvalue weighted by Crippen LogP contribution is 2.31. The fraction of sp³-hybridized carbons (Fsp3) is 0.167. The summed E-state index contributed by atoms with van der Waals surface area (Å²) in [5, 5.41) is 9.51. The van der Waals surface area contributed by atoms with Gasteiger partial charge >= 0.3 is 5.97 Å². The van der Waals surface area contributed by atoms with Gasteiger partial charge in [0.05, 0.1) is 5.56 Å². The number of carbonyl (C=O) groups is 2. The van der Waals surface area contributed by atoms with Gasteiger partial charge in [0.1, 0.15) is 0 Å². The lowest BCUT2D eigenvalue weighted by Crippen LogP contribution is -2.13. The van der Waals surface area contributed by atoms with Crippen molar-refractivity contribution in [3.05, 3.63) is 34.2 Å². The Kier molecular flexibility index (Phi) is 2.52. The number of hydrogen-bond acceptors (Lipinski definition) is 3. The van der Waals surface area contributed by atoms with E-state index in [1.54, 1.807) is 6.92 Å². The molecule has 1 aromatic carbocycles. The summed E-state index contributed by atoms with van der Waals surface area (Å²) in [5.74, 6) is -2.22. The maximum Gasteiger partial charge on any atom is 0.377 e. The molecular formula is C12H10O3S. The maximum absolute atomic E-state index is 11.6. The van der Waals surface area contributed by atoms with E-state index in [4.69, 9.17) is 5.11 Å². The number of fused-ring (bicyclic) bond motifs is 1. The monoisotopic (exact) mass is 234 g/mol. The highest BCUT2D eigenvalue weighted by Gasteiger charge is 2.21. The molecule has 82 valence electrons. The Morgan fingerprint density at radius 1 is 1.25 bits per heavy atom. The van der Waals surface area contributed by atoms with Crippen molar-refractivity contribution in [1.29, 1.82) is 0 Å². The summed E-state index contributed by atoms with van der Waals surface area (Å²) >= 11 is 1.45. The van der Waals surface area contributed by atoms with E-state index < -0.39 is 11.8 Å². The summed E-state index contributed by atoms with van der Waals surface area (Å²) < 4.78 is 0.952. The third-order valence-electron chi connectivity index (χ3n) is 2.44. The number of thiophene rings is 1. The molecule has 0 aliphatic rings. The van der Waals surface area contributed by atoms with Gasteiger partial charge in [-0.25, -0.2) is 4.79 Å². The van der Waals surface area contributed by atoms with Crippen molar-refractivity contribution in [2.24, 2.45) is 0 Å². The standard InChI is InChI=1S/C12H10O3S/c1-6-3-4-9-8(5-6)10(7(2)16-9)11(13)12(14)15/h3-5H,1-2H3,(H,14,15). The Balaban J connectivity index is 2.77. The predicted molar refractivity (Wildman–Crippen MR) is 63.3 cm³/mol. The van der Waals surface area contributed by atoms with Crippen LogP contribution in [0, 0.1) is 13.8 Å². The van der Waals surface area contributed by atoms with Crippen molar-refractivity contribution in [2.45, 2.75) is 13.8 Å². The van der Waals surface area contributed by atoms with Gasteiger partial charge in [0, 0.05) is 15.0 Å². The SMILES string of the molecule is Cc1ccc2sc(C)c(C(=O)C(=O)O)c2c1. The first-order valence-electron chi connectivity index (χ1n) is 4.78. The summed E-state index contributed by atoms with van der Waals surface area (Å²) in [6, 6.07) is 5.73. The first kappa shape index (κ1) is 10.8. The van der Waals surface area contributed by atoms with E-state index in [0.717, 1.165) is 20.5 Å². The maximum atomic E-state index is 11.6. The second kappa shape index (κ2) is 3.72. The molecule has 0 fully saturated rings. The smallest absolute Gasteiger partial charge is 0.377 e. The first-order valence-corrected chi connectivity index (χ1v) is 5.59. The molecule has 0 bridgehead atoms. The average molecular weight is 234 g/mol. The van der Waals surface area contributed by atoms with Gasteiger partial charge in [-0.15, -0.1) is 11.3 Å². The summed E-state index contributed by atoms with van der Waals surface area (Å²) in [5.41, 5.74) is 1.35. The number of rotatable bonds is 2. The van der Waals surface area contributed by atoms with Gasteiger partial charge in [-0.1, -0.05) is 11.6 Å². The van der Waals surface area contributed by atoms with Gasteiger partial charge in [-0.3, -0.25) is 4.79 Å². The molecule has 0 unspecified atom stereocenters. The van der Waals surface area contributed by atoms with Crippen molar-refractivity contribution < 1.29 is 14.7 Å². The van der Waals surface area contributed by atoms with Crippen molar-refractivity contribution in [3.8, 4) is 0 Å². The third kappa shape index (κ3) is 1.61. The van der Waals surface area contributed by atoms with Crippen LogP contribution in [0.5, 0.6) is 0 Å². The predicted octanol–water partition coefficient (Wildman–Crippen LogP) is 2.79. The topological polar surface area (TPSA) is 54.4 Å². The van der Waals surface area contributed by atoms with Crippen LogP contribution in [0.3, 0.4) is 0 Å². The Bertz CT molecular complexity index is 596. The Labute approximate surface area is 96.3 Å². The molecule has 0 aliphatic carbocycles. The highest BCUT2D eigenvalue weighted by molar-refractivity contribution is 7.19. The molecule has 0 aliphatic heterocycles. The molecule has 3 nitrogen and oxygen atoms in total. The van der Waals surface area contributed by atoms with Crippen LogP contribution < -0.4 is 0 Å². The Morgan fingerprint density at radius 2 is 1.94 bits per heavy atom. The molecule has 1 N–H and O–H groups in total. The van der Waals surface area contributed by atoms with Crippen LogP contribution in [0.1, 0.15) is 20.8 Å². The third-order valence-corrected chi connectivity index (χ3v) is 3.53. The molecule has 0 radical (unpaired) electrons. The van der Waals surface area contributed by atoms with Crippen LogP contribution in [0.4, 0.5) is 0 Å². The van der Waals surface area contributed by atoms with Crippen molar-refractivity contribution in [2.75, 3.05) is 0 Å². The Hall–Kier alpha value is -1.68. The molecule has 0 saturated carbocycles. The lowest BCUT2D eigenvalue weighted by molar-refractivity contribution is -0.131. The quantitative estimate of drug-likeness (QED) is 0.642. The summed E-state index contributed by atoms with van der Waals surface area (Å²) in [7, 11) is 0. The zero-order chi connectivity index (χ0) is 11.9. The minimum absolute atomic E-state index is 0.330. The lowest BCUT2D eigenvalue weighted by atomic mass is 10.1. The van der Waals surface area contributed by atoms with Gasteiger partial charge < -0.3 is 5.11 Å². The van der Waals surface area contributed by atoms with Gasteiger partial charge in [0.25, 0.3) is 5.78 Å². The first-order chi connectivity index (χ1) is 7.50. The number of aliphatic carboxylic acids is 1. The zero-order valence-corrected chi connectivity index (χ0v) is 9.72. The molecule has 1 aromatic heterocycles. The number of carbonyl (C=O) groups excluding carboxylic acids is 1. The van der Waals surface area contributed by atoms with Crippen LogP contribution in [0.2, 0.25) is 0 Å². The summed E-state index contributed by atoms with van der Waals surface area (Å²) in [4.78, 5) is 23.0. The van der Waals surface area contributed by atoms with Crippen LogP contribution in [-0.2, 0) is 4.79 Å². The number of aryl methyl sites for hydroxylation is 2. The molecular weight excluding hydrogens is 224 g/mol. The van der Waals surface area contributed by atoms with Crippen molar-refractivity contribution >= 4 is 33.2 Å². The fourth-order valence-corrected chi connectivity index (χ4v) is 2.76. The van der Waals surface area contributed by atoms with E-state index in [0.29, 0.717) is 5.56 Å². The Morgan fingerprint density at radius 3 is 2.56 bits per heavy atom. The van der Waals surface area contributed by atoms with E-state index in [1.165, 1.54) is 11.3 Å². The van der Waals surface area contributed by atoms with Gasteiger partial charge in [0.15, 0.2) is 0 Å². The van der Waals surface area contributed by atoms with Gasteiger partial charge in [-0.2, -0.15) is 0 Å². The van der Waals surface area contributed by atoms with E-state index in [1.807, 2.05) is 25.1 Å². The second-order valence-corrected chi connectivity index (χ2v) is 4.92. The van der Waals surface area contributed by atoms with Gasteiger partial charge in [0.2, 0.25) is 0 Å². The number of hydrogen-bond donors (Lipinski definition) is 1. The molecule has 0 spiro atoms. The average Bonchev–Trinajstić information content (AvgIpc) is 2.52. The van der Waals surface area contributed by atoms with E-state index in [-0.39, 0.29) is 0 Å². The van der Waals surface area contributed by atoms with E-state index in [9.17, 15) is 9.59 Å². The largest absolute Gasteiger partial charge is 0.475 e. The molecule has 16 heavy (non-hydrogen) atoms. The van der Waals surface area contributed by atoms with Crippen LogP contribution in [-0.4, -0.2) is 16.9 Å². The minimum Gasteiger partial charge on any atom is -0.475 e. The van der Waals surface area contributed by atoms with Crippen LogP contribution in [0.25, 0.3) is 10.1 Å². The summed E-state index contributed by atoms with van der Waals surface area (Å²) in [6.07, 6.45) is 0. The zero-order valence-electron chi connectivity index (χ0n) is 8.90. The van der Waals surface area contributed by atoms with Crippen molar-refractivity contribution in [1.82, 2.24) is 0 Å². The molecule has 0 amide bonds. The molecule has 2 aromatic rings. The molecule has 0 saturated heterocycles. The fourth-order valence-electron chi connectivity index (χ4n) is 1.72. The number of benzene rings is 1. The highest BCUT2D eigenvalue weighted by atomic mass is 32.1. The number of carboxylic acids is 1. The molecule has 0 atom stereocenters. The van der Waals surface area contributed by atoms with E-state index in [2.05, 4.69) is 0 Å². The van der Waals surface area contributed by atoms with Crippen molar-refractivity contribution in [3.63, 3.8) is 0 Å². The summed E-state index contributed by atoms with van der Waals surface area (Å²) in [6.45, 7) is 3.69. The molecule has 4 heteroatoms. The number of Topliss-reactive ketones (excluding diaryl/α,β-unsaturated/α-hetero) is 1. The number of carboxylic acid groups (broad SMARTS) is 1. The van der Waals surface area contributed by atoms with E-state index >= 15 is 0 Å². The normalized spacial score (nSPS) is 10.6. The van der Waals surface area contributed by atoms with Gasteiger partial charge in [-0.05, 0) is 26.0 Å². The van der Waals surface area contributed by atoms with Crippen LogP contribution >= 0.6 is 11.3 Å². The molecule has 2 rings (SSSR count). The minimum atomic E-state index is -1.40. The second-order valence-electron chi connectivity index (χ2n) is 3.67. The molecule has 1 heterocycles. The lowest BCUT2D eigenvalue weighted by Gasteiger charge is -1.97. The van der Waals surface area contributed by atoms with Crippen LogP contribution in [0.15, 0.2) is 18.2 Å².